The van der Waals surface area contributed by atoms with Crippen LogP contribution in [-0.2, 0) is 16.0 Å². The van der Waals surface area contributed by atoms with Crippen LogP contribution in [0.2, 0.25) is 10.0 Å². The number of nitrogens with one attached hydrogen (secondary N) is 1. The topological polar surface area (TPSA) is 80.6 Å². The Bertz CT molecular complexity index is 1140. The fourth-order valence-corrected chi connectivity index (χ4v) is 5.81. The SMILES string of the molecule is CCOC(=O)[C@H](Cc1ccc(NC(=O)c2c(Cl)cncc2Cl)cc1)N=C1CC(=S)C12CCCCC2. The van der Waals surface area contributed by atoms with Crippen LogP contribution in [0.4, 0.5) is 5.69 Å². The molecule has 9 heteroatoms. The first-order valence-electron chi connectivity index (χ1n) is 11.8. The number of hydrogen-bond acceptors (Lipinski definition) is 6. The molecule has 35 heavy (non-hydrogen) atoms. The monoisotopic (exact) mass is 531 g/mol. The van der Waals surface area contributed by atoms with Crippen LogP contribution in [-0.4, -0.2) is 40.1 Å². The number of aliphatic imine (C=N–C) groups is 1. The summed E-state index contributed by atoms with van der Waals surface area (Å²) >= 11 is 17.8. The van der Waals surface area contributed by atoms with E-state index in [-0.39, 0.29) is 27.0 Å². The highest BCUT2D eigenvalue weighted by Gasteiger charge is 2.49. The zero-order valence-electron chi connectivity index (χ0n) is 19.5. The molecule has 1 aromatic carbocycles. The summed E-state index contributed by atoms with van der Waals surface area (Å²) in [5.74, 6) is -0.757. The third kappa shape index (κ3) is 5.57. The van der Waals surface area contributed by atoms with Crippen molar-refractivity contribution in [3.8, 4) is 0 Å². The minimum absolute atomic E-state index is 0.0953. The van der Waals surface area contributed by atoms with Gasteiger partial charge in [-0.05, 0) is 37.5 Å². The molecule has 1 amide bonds. The minimum Gasteiger partial charge on any atom is -0.464 e. The molecular weight excluding hydrogens is 505 g/mol. The van der Waals surface area contributed by atoms with Crippen molar-refractivity contribution >= 4 is 63.6 Å². The van der Waals surface area contributed by atoms with Gasteiger partial charge in [0.15, 0.2) is 6.04 Å². The van der Waals surface area contributed by atoms with Crippen LogP contribution in [0.1, 0.15) is 61.4 Å². The van der Waals surface area contributed by atoms with Crippen LogP contribution >= 0.6 is 35.4 Å². The number of benzene rings is 1. The molecule has 2 aromatic rings. The van der Waals surface area contributed by atoms with Gasteiger partial charge < -0.3 is 10.1 Å². The molecule has 1 atom stereocenters. The molecule has 1 spiro atoms. The minimum atomic E-state index is -0.623. The molecule has 2 saturated carbocycles. The number of carbonyl (C=O) groups excluding carboxylic acids is 2. The normalized spacial score (nSPS) is 18.7. The van der Waals surface area contributed by atoms with Crippen LogP contribution in [0.5, 0.6) is 0 Å². The van der Waals surface area contributed by atoms with E-state index in [1.54, 1.807) is 19.1 Å². The van der Waals surface area contributed by atoms with Crippen LogP contribution in [0.25, 0.3) is 0 Å². The number of aromatic nitrogens is 1. The first-order valence-corrected chi connectivity index (χ1v) is 13.0. The maximum atomic E-state index is 12.8. The Balaban J connectivity index is 1.49. The van der Waals surface area contributed by atoms with Gasteiger partial charge in [0.25, 0.3) is 5.91 Å². The van der Waals surface area contributed by atoms with Gasteiger partial charge in [-0.3, -0.25) is 14.8 Å². The first-order chi connectivity index (χ1) is 16.8. The Kier molecular flexibility index (Phi) is 8.19. The zero-order valence-corrected chi connectivity index (χ0v) is 21.8. The summed E-state index contributed by atoms with van der Waals surface area (Å²) in [6, 6.07) is 6.64. The molecule has 0 bridgehead atoms. The van der Waals surface area contributed by atoms with Crippen molar-refractivity contribution in [3.05, 3.63) is 57.8 Å². The summed E-state index contributed by atoms with van der Waals surface area (Å²) in [7, 11) is 0. The fraction of sp³-hybridized carbons (Fsp3) is 0.423. The molecular formula is C26H27Cl2N3O3S. The predicted molar refractivity (Wildman–Crippen MR) is 143 cm³/mol. The van der Waals surface area contributed by atoms with E-state index in [1.807, 2.05) is 12.1 Å². The Labute approximate surface area is 220 Å². The zero-order chi connectivity index (χ0) is 25.0. The van der Waals surface area contributed by atoms with Crippen molar-refractivity contribution in [2.24, 2.45) is 10.4 Å². The second-order valence-corrected chi connectivity index (χ2v) is 10.2. The van der Waals surface area contributed by atoms with Gasteiger partial charge >= 0.3 is 5.97 Å². The van der Waals surface area contributed by atoms with Crippen molar-refractivity contribution in [1.29, 1.82) is 0 Å². The highest BCUT2D eigenvalue weighted by molar-refractivity contribution is 7.80. The lowest BCUT2D eigenvalue weighted by molar-refractivity contribution is -0.144. The van der Waals surface area contributed by atoms with Crippen molar-refractivity contribution in [2.75, 3.05) is 11.9 Å². The molecule has 4 rings (SSSR count). The number of anilines is 1. The van der Waals surface area contributed by atoms with Gasteiger partial charge in [-0.25, -0.2) is 4.79 Å². The van der Waals surface area contributed by atoms with E-state index in [2.05, 4.69) is 10.3 Å². The van der Waals surface area contributed by atoms with E-state index in [0.717, 1.165) is 41.8 Å². The number of carbonyl (C=O) groups is 2. The maximum Gasteiger partial charge on any atom is 0.331 e. The van der Waals surface area contributed by atoms with E-state index in [4.69, 9.17) is 45.1 Å². The summed E-state index contributed by atoms with van der Waals surface area (Å²) in [5.41, 5.74) is 2.61. The third-order valence-electron chi connectivity index (χ3n) is 6.71. The molecule has 6 nitrogen and oxygen atoms in total. The smallest absolute Gasteiger partial charge is 0.331 e. The summed E-state index contributed by atoms with van der Waals surface area (Å²) in [4.78, 5) is 35.2. The summed E-state index contributed by atoms with van der Waals surface area (Å²) in [6.07, 6.45) is 9.40. The Hall–Kier alpha value is -2.35. The highest BCUT2D eigenvalue weighted by atomic mass is 35.5. The Morgan fingerprint density at radius 1 is 1.14 bits per heavy atom. The number of thiocarbonyl (C=S) groups is 1. The van der Waals surface area contributed by atoms with Gasteiger partial charge in [0.1, 0.15) is 0 Å². The first kappa shape index (κ1) is 25.7. The molecule has 1 N–H and O–H groups in total. The van der Waals surface area contributed by atoms with E-state index in [1.165, 1.54) is 18.8 Å². The molecule has 0 radical (unpaired) electrons. The lowest BCUT2D eigenvalue weighted by atomic mass is 9.59. The molecule has 1 heterocycles. The Morgan fingerprint density at radius 3 is 2.40 bits per heavy atom. The summed E-state index contributed by atoms with van der Waals surface area (Å²) < 4.78 is 5.33. The average Bonchev–Trinajstić information content (AvgIpc) is 2.85. The van der Waals surface area contributed by atoms with Gasteiger partial charge in [0.2, 0.25) is 0 Å². The van der Waals surface area contributed by atoms with Crippen molar-refractivity contribution < 1.29 is 14.3 Å². The number of esters is 1. The van der Waals surface area contributed by atoms with Gasteiger partial charge in [0.05, 0.1) is 22.2 Å². The second-order valence-electron chi connectivity index (χ2n) is 8.92. The van der Waals surface area contributed by atoms with E-state index < -0.39 is 11.9 Å². The van der Waals surface area contributed by atoms with Crippen molar-refractivity contribution in [1.82, 2.24) is 4.98 Å². The third-order valence-corrected chi connectivity index (χ3v) is 7.82. The number of ether oxygens (including phenoxy) is 1. The molecule has 0 saturated heterocycles. The molecule has 0 unspecified atom stereocenters. The number of hydrogen-bond donors (Lipinski definition) is 1. The average molecular weight is 532 g/mol. The van der Waals surface area contributed by atoms with Gasteiger partial charge in [-0.2, -0.15) is 0 Å². The van der Waals surface area contributed by atoms with Crippen molar-refractivity contribution in [3.63, 3.8) is 0 Å². The molecule has 2 aliphatic carbocycles. The number of halogens is 2. The maximum absolute atomic E-state index is 12.8. The van der Waals surface area contributed by atoms with Crippen LogP contribution in [0.3, 0.4) is 0 Å². The number of pyridine rings is 1. The van der Waals surface area contributed by atoms with Crippen molar-refractivity contribution in [2.45, 2.75) is 57.9 Å². The lowest BCUT2D eigenvalue weighted by Crippen LogP contribution is -2.51. The van der Waals surface area contributed by atoms with Crippen LogP contribution < -0.4 is 5.32 Å². The number of amides is 1. The molecule has 0 aliphatic heterocycles. The lowest BCUT2D eigenvalue weighted by Gasteiger charge is -2.47. The second kappa shape index (κ2) is 11.1. The van der Waals surface area contributed by atoms with E-state index >= 15 is 0 Å². The number of nitrogens with zero attached hydrogens (tertiary/aromatic N) is 2. The molecule has 2 fully saturated rings. The van der Waals surface area contributed by atoms with Gasteiger partial charge in [0, 0.05) is 46.9 Å². The van der Waals surface area contributed by atoms with Crippen LogP contribution in [0, 0.1) is 5.41 Å². The summed E-state index contributed by atoms with van der Waals surface area (Å²) in [6.45, 7) is 2.09. The van der Waals surface area contributed by atoms with E-state index in [9.17, 15) is 9.59 Å². The molecule has 184 valence electrons. The number of rotatable bonds is 7. The van der Waals surface area contributed by atoms with Crippen LogP contribution in [0.15, 0.2) is 41.7 Å². The largest absolute Gasteiger partial charge is 0.464 e. The fourth-order valence-electron chi connectivity index (χ4n) is 4.81. The quantitative estimate of drug-likeness (QED) is 0.335. The van der Waals surface area contributed by atoms with E-state index in [0.29, 0.717) is 25.1 Å². The Morgan fingerprint density at radius 2 is 1.80 bits per heavy atom. The molecule has 1 aromatic heterocycles. The predicted octanol–water partition coefficient (Wildman–Crippen LogP) is 6.28. The van der Waals surface area contributed by atoms with Gasteiger partial charge in [-0.1, -0.05) is 66.8 Å². The summed E-state index contributed by atoms with van der Waals surface area (Å²) in [5, 5.41) is 3.14. The highest BCUT2D eigenvalue weighted by Crippen LogP contribution is 2.48. The molecule has 2 aliphatic rings. The van der Waals surface area contributed by atoms with Gasteiger partial charge in [-0.15, -0.1) is 0 Å². The standard InChI is InChI=1S/C26H27Cl2N3O3S/c1-2-34-25(33)20(31-21-13-22(35)26(21)10-4-3-5-11-26)12-16-6-8-17(9-7-16)30-24(32)23-18(27)14-29-15-19(23)28/h6-9,14-15,20H,2-5,10-13H2,1H3,(H,30,32)/t20-/m0/s1.